The monoisotopic (exact) mass is 402 g/mol. The predicted octanol–water partition coefficient (Wildman–Crippen LogP) is 4.18. The summed E-state index contributed by atoms with van der Waals surface area (Å²) in [7, 11) is -2.11. The summed E-state index contributed by atoms with van der Waals surface area (Å²) < 4.78 is 34.6. The smallest absolute Gasteiger partial charge is 0.246 e. The van der Waals surface area contributed by atoms with Gasteiger partial charge in [-0.05, 0) is 49.6 Å². The van der Waals surface area contributed by atoms with Crippen LogP contribution >= 0.6 is 11.3 Å². The summed E-state index contributed by atoms with van der Waals surface area (Å²) in [5, 5.41) is 1.02. The Morgan fingerprint density at radius 1 is 1.22 bits per heavy atom. The highest BCUT2D eigenvalue weighted by Crippen LogP contribution is 2.36. The summed E-state index contributed by atoms with van der Waals surface area (Å²) in [6.07, 6.45) is 1.78. The number of para-hydroxylation sites is 1. The quantitative estimate of drug-likeness (QED) is 0.657. The number of piperidine rings is 1. The second-order valence-corrected chi connectivity index (χ2v) is 9.84. The van der Waals surface area contributed by atoms with E-state index >= 15 is 0 Å². The molecule has 0 N–H and O–H groups in total. The van der Waals surface area contributed by atoms with Crippen LogP contribution in [0.25, 0.3) is 10.2 Å². The third-order valence-electron chi connectivity index (χ3n) is 4.98. The fourth-order valence-corrected chi connectivity index (χ4v) is 6.41. The van der Waals surface area contributed by atoms with Crippen LogP contribution in [0, 0.1) is 6.92 Å². The lowest BCUT2D eigenvalue weighted by Crippen LogP contribution is -2.39. The molecule has 3 aromatic rings. The normalized spacial score (nSPS) is 18.7. The lowest BCUT2D eigenvalue weighted by molar-refractivity contribution is 0.313. The zero-order chi connectivity index (χ0) is 19.0. The van der Waals surface area contributed by atoms with E-state index in [0.29, 0.717) is 18.8 Å². The van der Waals surface area contributed by atoms with Crippen LogP contribution in [0.1, 0.15) is 29.3 Å². The highest BCUT2D eigenvalue weighted by molar-refractivity contribution is 7.89. The topological polar surface area (TPSA) is 59.5 Å². The second-order valence-electron chi connectivity index (χ2n) is 6.88. The van der Waals surface area contributed by atoms with Crippen LogP contribution in [0.5, 0.6) is 5.75 Å². The van der Waals surface area contributed by atoms with Crippen molar-refractivity contribution in [1.82, 2.24) is 9.29 Å². The van der Waals surface area contributed by atoms with Crippen molar-refractivity contribution in [2.45, 2.75) is 30.6 Å². The minimum absolute atomic E-state index is 0.127. The van der Waals surface area contributed by atoms with E-state index in [1.807, 2.05) is 31.2 Å². The number of fused-ring (bicyclic) bond motifs is 1. The number of hydrogen-bond donors (Lipinski definition) is 0. The van der Waals surface area contributed by atoms with Gasteiger partial charge in [0.15, 0.2) is 0 Å². The maximum absolute atomic E-state index is 13.3. The highest BCUT2D eigenvalue weighted by Gasteiger charge is 2.34. The lowest BCUT2D eigenvalue weighted by atomic mass is 10.0. The van der Waals surface area contributed by atoms with E-state index in [4.69, 9.17) is 9.72 Å². The number of benzene rings is 2. The minimum atomic E-state index is -3.61. The first kappa shape index (κ1) is 18.4. The number of methoxy groups -OCH3 is 1. The van der Waals surface area contributed by atoms with E-state index < -0.39 is 10.0 Å². The average Bonchev–Trinajstić information content (AvgIpc) is 3.12. The standard InChI is InChI=1S/C20H22N2O3S2/c1-14-9-10-17(25-2)19(12-14)27(23,24)22-11-5-6-15(13-22)20-21-16-7-3-4-8-18(16)26-20/h3-4,7-10,12,15H,5-6,11,13H2,1-2H3/t15-/m0/s1. The molecule has 27 heavy (non-hydrogen) atoms. The Morgan fingerprint density at radius 3 is 2.81 bits per heavy atom. The number of hydrogen-bond acceptors (Lipinski definition) is 5. The molecule has 7 heteroatoms. The van der Waals surface area contributed by atoms with Gasteiger partial charge in [0.25, 0.3) is 0 Å². The summed E-state index contributed by atoms with van der Waals surface area (Å²) in [5.74, 6) is 0.518. The molecule has 0 radical (unpaired) electrons. The van der Waals surface area contributed by atoms with E-state index in [1.165, 1.54) is 7.11 Å². The Morgan fingerprint density at radius 2 is 2.04 bits per heavy atom. The first-order valence-corrected chi connectivity index (χ1v) is 11.2. The third kappa shape index (κ3) is 3.47. The Balaban J connectivity index is 1.65. The Bertz CT molecular complexity index is 1040. The van der Waals surface area contributed by atoms with E-state index in [1.54, 1.807) is 27.8 Å². The van der Waals surface area contributed by atoms with E-state index in [0.717, 1.165) is 33.6 Å². The van der Waals surface area contributed by atoms with E-state index in [-0.39, 0.29) is 10.8 Å². The molecule has 2 aromatic carbocycles. The van der Waals surface area contributed by atoms with Gasteiger partial charge in [0.1, 0.15) is 10.6 Å². The molecule has 5 nitrogen and oxygen atoms in total. The molecule has 142 valence electrons. The molecule has 0 spiro atoms. The van der Waals surface area contributed by atoms with Crippen molar-refractivity contribution in [2.24, 2.45) is 0 Å². The van der Waals surface area contributed by atoms with Gasteiger partial charge in [0.05, 0.1) is 22.3 Å². The molecular weight excluding hydrogens is 380 g/mol. The largest absolute Gasteiger partial charge is 0.495 e. The van der Waals surface area contributed by atoms with Gasteiger partial charge in [-0.3, -0.25) is 0 Å². The molecule has 4 rings (SSSR count). The van der Waals surface area contributed by atoms with Gasteiger partial charge >= 0.3 is 0 Å². The fourth-order valence-electron chi connectivity index (χ4n) is 3.55. The van der Waals surface area contributed by atoms with Crippen LogP contribution in [0.3, 0.4) is 0 Å². The summed E-state index contributed by atoms with van der Waals surface area (Å²) >= 11 is 1.67. The van der Waals surface area contributed by atoms with Crippen molar-refractivity contribution in [3.05, 3.63) is 53.0 Å². The van der Waals surface area contributed by atoms with Crippen LogP contribution in [0.4, 0.5) is 0 Å². The number of aromatic nitrogens is 1. The molecule has 0 saturated carbocycles. The average molecular weight is 403 g/mol. The van der Waals surface area contributed by atoms with Crippen LogP contribution < -0.4 is 4.74 Å². The Labute approximate surface area is 163 Å². The number of rotatable bonds is 4. The molecule has 1 atom stereocenters. The van der Waals surface area contributed by atoms with Gasteiger partial charge in [-0.2, -0.15) is 4.31 Å². The molecule has 2 heterocycles. The van der Waals surface area contributed by atoms with Crippen LogP contribution in [-0.4, -0.2) is 37.9 Å². The van der Waals surface area contributed by atoms with Gasteiger partial charge in [0.2, 0.25) is 10.0 Å². The molecule has 0 aliphatic carbocycles. The first-order chi connectivity index (χ1) is 13.0. The summed E-state index contributed by atoms with van der Waals surface area (Å²) in [6, 6.07) is 13.3. The highest BCUT2D eigenvalue weighted by atomic mass is 32.2. The van der Waals surface area contributed by atoms with Crippen molar-refractivity contribution >= 4 is 31.6 Å². The zero-order valence-corrected chi connectivity index (χ0v) is 17.0. The van der Waals surface area contributed by atoms with Gasteiger partial charge in [0, 0.05) is 19.0 Å². The zero-order valence-electron chi connectivity index (χ0n) is 15.4. The Hall–Kier alpha value is -1.96. The predicted molar refractivity (Wildman–Crippen MR) is 108 cm³/mol. The molecule has 0 bridgehead atoms. The molecule has 1 fully saturated rings. The SMILES string of the molecule is COc1ccc(C)cc1S(=O)(=O)N1CCC[C@H](c2nc3ccccc3s2)C1. The van der Waals surface area contributed by atoms with Gasteiger partial charge in [-0.1, -0.05) is 18.2 Å². The number of aryl methyl sites for hydroxylation is 1. The number of thiazole rings is 1. The summed E-state index contributed by atoms with van der Waals surface area (Å²) in [5.41, 5.74) is 1.88. The maximum Gasteiger partial charge on any atom is 0.246 e. The van der Waals surface area contributed by atoms with Crippen LogP contribution in [0.15, 0.2) is 47.4 Å². The van der Waals surface area contributed by atoms with Gasteiger partial charge in [-0.15, -0.1) is 11.3 Å². The van der Waals surface area contributed by atoms with Gasteiger partial charge < -0.3 is 4.74 Å². The van der Waals surface area contributed by atoms with Crippen molar-refractivity contribution in [2.75, 3.05) is 20.2 Å². The first-order valence-electron chi connectivity index (χ1n) is 8.99. The molecule has 1 aliphatic heterocycles. The van der Waals surface area contributed by atoms with Crippen molar-refractivity contribution in [1.29, 1.82) is 0 Å². The molecule has 1 aromatic heterocycles. The number of ether oxygens (including phenoxy) is 1. The lowest BCUT2D eigenvalue weighted by Gasteiger charge is -2.31. The van der Waals surface area contributed by atoms with Crippen molar-refractivity contribution in [3.63, 3.8) is 0 Å². The van der Waals surface area contributed by atoms with Crippen molar-refractivity contribution in [3.8, 4) is 5.75 Å². The van der Waals surface area contributed by atoms with Crippen LogP contribution in [-0.2, 0) is 10.0 Å². The van der Waals surface area contributed by atoms with Crippen molar-refractivity contribution < 1.29 is 13.2 Å². The van der Waals surface area contributed by atoms with Crippen LogP contribution in [0.2, 0.25) is 0 Å². The van der Waals surface area contributed by atoms with Gasteiger partial charge in [-0.25, -0.2) is 13.4 Å². The number of nitrogens with zero attached hydrogens (tertiary/aromatic N) is 2. The second kappa shape index (κ2) is 7.22. The summed E-state index contributed by atoms with van der Waals surface area (Å²) in [6.45, 7) is 2.87. The third-order valence-corrected chi connectivity index (χ3v) is 8.07. The Kier molecular flexibility index (Phi) is 4.92. The molecular formula is C20H22N2O3S2. The van der Waals surface area contributed by atoms with E-state index in [2.05, 4.69) is 6.07 Å². The molecule has 1 saturated heterocycles. The minimum Gasteiger partial charge on any atom is -0.495 e. The fraction of sp³-hybridized carbons (Fsp3) is 0.350. The maximum atomic E-state index is 13.3. The molecule has 0 amide bonds. The summed E-state index contributed by atoms with van der Waals surface area (Å²) in [4.78, 5) is 4.99. The van der Waals surface area contributed by atoms with E-state index in [9.17, 15) is 8.42 Å². The molecule has 0 unspecified atom stereocenters. The number of sulfonamides is 1. The molecule has 1 aliphatic rings.